The first-order valence-corrected chi connectivity index (χ1v) is 3.61. The molecule has 0 rings (SSSR count). The third kappa shape index (κ3) is 2.78. The van der Waals surface area contributed by atoms with Crippen molar-refractivity contribution in [2.75, 3.05) is 28.2 Å². The van der Waals surface area contributed by atoms with Crippen molar-refractivity contribution in [1.82, 2.24) is 9.80 Å². The lowest BCUT2D eigenvalue weighted by atomic mass is 10.7. The Hall–Kier alpha value is -0.630. The molecule has 0 N–H and O–H groups in total. The molecule has 0 aliphatic carbocycles. The molecule has 0 radical (unpaired) electrons. The van der Waals surface area contributed by atoms with E-state index in [2.05, 4.69) is 4.76 Å². The van der Waals surface area contributed by atoms with E-state index < -0.39 is 0 Å². The highest BCUT2D eigenvalue weighted by Crippen LogP contribution is 1.97. The maximum atomic E-state index is 10.1. The summed E-state index contributed by atoms with van der Waals surface area (Å²) < 4.78 is 13.8. The van der Waals surface area contributed by atoms with Gasteiger partial charge < -0.3 is 9.80 Å². The van der Waals surface area contributed by atoms with E-state index in [1.165, 1.54) is 0 Å². The summed E-state index contributed by atoms with van der Waals surface area (Å²) >= 11 is 0. The van der Waals surface area contributed by atoms with Crippen LogP contribution in [0.3, 0.4) is 0 Å². The minimum Gasteiger partial charge on any atom is -0.348 e. The van der Waals surface area contributed by atoms with E-state index in [0.29, 0.717) is 5.96 Å². The molecule has 0 atom stereocenters. The Morgan fingerprint density at radius 2 is 1.60 bits per heavy atom. The maximum Gasteiger partial charge on any atom is 0.306 e. The van der Waals surface area contributed by atoms with Crippen LogP contribution in [0.1, 0.15) is 0 Å². The van der Waals surface area contributed by atoms with Crippen LogP contribution in [-0.2, 0) is 4.57 Å². The molecule has 0 saturated heterocycles. The van der Waals surface area contributed by atoms with Crippen LogP contribution in [-0.4, -0.2) is 44.0 Å². The molecule has 0 amide bonds. The van der Waals surface area contributed by atoms with E-state index in [-0.39, 0.29) is 8.61 Å². The Kier molecular flexibility index (Phi) is 3.96. The smallest absolute Gasteiger partial charge is 0.306 e. The van der Waals surface area contributed by atoms with Gasteiger partial charge in [-0.05, 0) is 0 Å². The molecule has 0 unspecified atom stereocenters. The Labute approximate surface area is 62.8 Å². The lowest BCUT2D eigenvalue weighted by Crippen LogP contribution is -2.34. The van der Waals surface area contributed by atoms with E-state index in [4.69, 9.17) is 0 Å². The van der Waals surface area contributed by atoms with Crippen LogP contribution in [0.2, 0.25) is 0 Å². The highest BCUT2D eigenvalue weighted by Gasteiger charge is 2.02. The zero-order valence-corrected chi connectivity index (χ0v) is 7.59. The van der Waals surface area contributed by atoms with Crippen molar-refractivity contribution in [1.29, 1.82) is 0 Å². The van der Waals surface area contributed by atoms with Crippen molar-refractivity contribution < 1.29 is 4.57 Å². The van der Waals surface area contributed by atoms with Crippen LogP contribution in [0.15, 0.2) is 4.76 Å². The second-order valence-electron chi connectivity index (χ2n) is 2.27. The molecule has 0 spiro atoms. The first kappa shape index (κ1) is 9.37. The van der Waals surface area contributed by atoms with Gasteiger partial charge in [-0.15, -0.1) is 0 Å². The first-order chi connectivity index (χ1) is 4.59. The monoisotopic (exact) mass is 161 g/mol. The van der Waals surface area contributed by atoms with E-state index in [1.54, 1.807) is 9.80 Å². The molecule has 0 bridgehead atoms. The van der Waals surface area contributed by atoms with Crippen molar-refractivity contribution in [2.24, 2.45) is 4.76 Å². The molecule has 0 aromatic rings. The number of rotatable bonds is 1. The van der Waals surface area contributed by atoms with E-state index in [9.17, 15) is 4.57 Å². The summed E-state index contributed by atoms with van der Waals surface area (Å²) in [6.07, 6.45) is 0. The number of hydrogen-bond acceptors (Lipinski definition) is 1. The zero-order valence-electron chi connectivity index (χ0n) is 6.70. The molecular weight excluding hydrogens is 149 g/mol. The standard InChI is InChI=1S/C5H12N3OP/c1-7(2)5(6-10-9)8(3)4/h1-4H3. The summed E-state index contributed by atoms with van der Waals surface area (Å²) in [5.41, 5.74) is 0. The van der Waals surface area contributed by atoms with E-state index >= 15 is 0 Å². The Morgan fingerprint density at radius 3 is 1.70 bits per heavy atom. The zero-order chi connectivity index (χ0) is 8.15. The minimum absolute atomic E-state index is 0.200. The summed E-state index contributed by atoms with van der Waals surface area (Å²) in [7, 11) is 7.20. The predicted octanol–water partition coefficient (Wildman–Crippen LogP) is 0.672. The molecule has 0 fully saturated rings. The quantitative estimate of drug-likeness (QED) is 0.322. The van der Waals surface area contributed by atoms with Crippen LogP contribution in [0.25, 0.3) is 0 Å². The number of hydrogen-bond donors (Lipinski definition) is 0. The molecule has 0 saturated carbocycles. The largest absolute Gasteiger partial charge is 0.348 e. The van der Waals surface area contributed by atoms with Gasteiger partial charge in [0.1, 0.15) is 0 Å². The van der Waals surface area contributed by atoms with Crippen LogP contribution >= 0.6 is 8.61 Å². The lowest BCUT2D eigenvalue weighted by molar-refractivity contribution is 0.485. The van der Waals surface area contributed by atoms with Crippen molar-refractivity contribution in [3.8, 4) is 0 Å². The topological polar surface area (TPSA) is 35.9 Å². The SMILES string of the molecule is CN(C)C(=NP=O)N(C)C. The number of guanidine groups is 1. The Bertz CT molecular complexity index is 134. The molecule has 0 heterocycles. The molecule has 5 heteroatoms. The average molecular weight is 161 g/mol. The maximum absolute atomic E-state index is 10.1. The van der Waals surface area contributed by atoms with Gasteiger partial charge in [0, 0.05) is 28.2 Å². The van der Waals surface area contributed by atoms with Gasteiger partial charge in [0.15, 0.2) is 0 Å². The number of nitrogens with zero attached hydrogens (tertiary/aromatic N) is 3. The van der Waals surface area contributed by atoms with Gasteiger partial charge in [0.25, 0.3) is 0 Å². The molecule has 0 aliphatic rings. The summed E-state index contributed by atoms with van der Waals surface area (Å²) in [4.78, 5) is 3.59. The fraction of sp³-hybridized carbons (Fsp3) is 0.800. The van der Waals surface area contributed by atoms with Crippen LogP contribution in [0.4, 0.5) is 0 Å². The molecule has 0 aromatic carbocycles. The van der Waals surface area contributed by atoms with Gasteiger partial charge >= 0.3 is 8.61 Å². The van der Waals surface area contributed by atoms with E-state index in [1.807, 2.05) is 28.2 Å². The van der Waals surface area contributed by atoms with Gasteiger partial charge in [0.2, 0.25) is 5.96 Å². The fourth-order valence-corrected chi connectivity index (χ4v) is 1.05. The highest BCUT2D eigenvalue weighted by molar-refractivity contribution is 7.22. The van der Waals surface area contributed by atoms with Gasteiger partial charge in [-0.1, -0.05) is 0 Å². The summed E-state index contributed by atoms with van der Waals surface area (Å²) in [5, 5.41) is 0. The van der Waals surface area contributed by atoms with Gasteiger partial charge in [-0.2, -0.15) is 4.76 Å². The van der Waals surface area contributed by atoms with Gasteiger partial charge in [-0.25, -0.2) is 4.57 Å². The third-order valence-electron chi connectivity index (χ3n) is 0.930. The van der Waals surface area contributed by atoms with Crippen LogP contribution in [0, 0.1) is 0 Å². The second-order valence-corrected chi connectivity index (χ2v) is 2.63. The summed E-state index contributed by atoms with van der Waals surface area (Å²) in [6.45, 7) is 0. The summed E-state index contributed by atoms with van der Waals surface area (Å²) in [6, 6.07) is 0. The Morgan fingerprint density at radius 1 is 1.20 bits per heavy atom. The first-order valence-electron chi connectivity index (χ1n) is 2.84. The highest BCUT2D eigenvalue weighted by atomic mass is 31.1. The summed E-state index contributed by atoms with van der Waals surface area (Å²) in [5.74, 6) is 0.691. The second kappa shape index (κ2) is 4.23. The minimum atomic E-state index is -0.200. The molecule has 10 heavy (non-hydrogen) atoms. The lowest BCUT2D eigenvalue weighted by Gasteiger charge is -2.20. The van der Waals surface area contributed by atoms with Gasteiger partial charge in [-0.3, -0.25) is 0 Å². The normalized spacial score (nSPS) is 9.20. The van der Waals surface area contributed by atoms with E-state index in [0.717, 1.165) is 0 Å². The Balaban J connectivity index is 4.26. The molecule has 4 nitrogen and oxygen atoms in total. The van der Waals surface area contributed by atoms with Crippen molar-refractivity contribution in [3.63, 3.8) is 0 Å². The molecule has 0 aromatic heterocycles. The molecule has 58 valence electrons. The molecule has 0 aliphatic heterocycles. The van der Waals surface area contributed by atoms with Crippen molar-refractivity contribution in [3.05, 3.63) is 0 Å². The fourth-order valence-electron chi connectivity index (χ4n) is 0.615. The van der Waals surface area contributed by atoms with Crippen LogP contribution in [0.5, 0.6) is 0 Å². The van der Waals surface area contributed by atoms with Gasteiger partial charge in [0.05, 0.1) is 0 Å². The third-order valence-corrected chi connectivity index (χ3v) is 1.19. The predicted molar refractivity (Wildman–Crippen MR) is 42.4 cm³/mol. The van der Waals surface area contributed by atoms with Crippen molar-refractivity contribution >= 4 is 14.6 Å². The van der Waals surface area contributed by atoms with Crippen molar-refractivity contribution in [2.45, 2.75) is 0 Å². The average Bonchev–Trinajstić information content (AvgIpc) is 1.81. The van der Waals surface area contributed by atoms with Crippen LogP contribution < -0.4 is 0 Å². The molecular formula is C5H12N3OP.